The minimum Gasteiger partial charge on any atom is -0.378 e. The normalized spacial score (nSPS) is 16.0. The summed E-state index contributed by atoms with van der Waals surface area (Å²) in [6, 6.07) is 48.4. The maximum atomic E-state index is 2.78. The van der Waals surface area contributed by atoms with Gasteiger partial charge in [0.1, 0.15) is 0 Å². The van der Waals surface area contributed by atoms with E-state index < -0.39 is 0 Å². The summed E-state index contributed by atoms with van der Waals surface area (Å²) in [7, 11) is 0. The number of aromatic nitrogens is 2. The topological polar surface area (TPSA) is 9.86 Å². The molecule has 2 aromatic heterocycles. The minimum atomic E-state index is -0.139. The number of rotatable bonds is 1. The number of para-hydroxylation sites is 2. The second kappa shape index (κ2) is 8.36. The fourth-order valence-electron chi connectivity index (χ4n) is 10.7. The maximum absolute atomic E-state index is 2.78. The zero-order valence-corrected chi connectivity index (χ0v) is 28.1. The first-order valence-electron chi connectivity index (χ1n) is 17.7. The lowest BCUT2D eigenvalue weighted by atomic mass is 9.45. The van der Waals surface area contributed by atoms with Gasteiger partial charge in [0.25, 0.3) is 0 Å². The van der Waals surface area contributed by atoms with Crippen LogP contribution in [0.3, 0.4) is 0 Å². The zero-order chi connectivity index (χ0) is 32.6. The van der Waals surface area contributed by atoms with Crippen molar-refractivity contribution in [3.05, 3.63) is 150 Å². The Morgan fingerprint density at radius 2 is 1.20 bits per heavy atom. The summed E-state index contributed by atoms with van der Waals surface area (Å²) in [5.74, 6) is 0. The molecule has 3 heteroatoms. The van der Waals surface area contributed by atoms with Gasteiger partial charge in [-0.3, -0.25) is 0 Å². The van der Waals surface area contributed by atoms with Crippen molar-refractivity contribution in [3.63, 3.8) is 0 Å². The summed E-state index contributed by atoms with van der Waals surface area (Å²) in [4.78, 5) is 0. The van der Waals surface area contributed by atoms with Crippen molar-refractivity contribution in [1.29, 1.82) is 0 Å². The Morgan fingerprint density at radius 3 is 2.02 bits per heavy atom. The van der Waals surface area contributed by atoms with Gasteiger partial charge in [-0.05, 0) is 62.0 Å². The Bertz CT molecular complexity index is 2830. The molecule has 0 radical (unpaired) electrons. The summed E-state index contributed by atoms with van der Waals surface area (Å²) >= 11 is 0. The molecule has 0 amide bonds. The average Bonchev–Trinajstić information content (AvgIpc) is 3.81. The molecule has 0 saturated heterocycles. The highest BCUT2D eigenvalue weighted by atomic mass is 15.0. The molecule has 4 aliphatic rings. The molecular formula is C46H33BN2. The van der Waals surface area contributed by atoms with Crippen LogP contribution < -0.4 is 10.9 Å². The van der Waals surface area contributed by atoms with Crippen LogP contribution in [-0.4, -0.2) is 15.9 Å². The molecule has 8 aromatic rings. The van der Waals surface area contributed by atoms with E-state index in [9.17, 15) is 0 Å². The highest BCUT2D eigenvalue weighted by Crippen LogP contribution is 2.57. The standard InChI is InChI=1S/C46H33BN2/c1-45(2)35-22-11-9-17-30(35)43-39(45)32-20-13-23-36-42(32)48(43)37-25-27(26-14-6-5-7-15-26)24-33-28-18-12-19-31-38-29-16-8-10-21-34(29)46(3,4)44(38)49(41(28)31)47(36)40(33)37/h5-25H,1-4H3. The van der Waals surface area contributed by atoms with Crippen LogP contribution in [0.2, 0.25) is 0 Å². The van der Waals surface area contributed by atoms with Gasteiger partial charge in [-0.25, -0.2) is 0 Å². The Hall–Kier alpha value is -5.54. The van der Waals surface area contributed by atoms with Crippen LogP contribution in [0.5, 0.6) is 0 Å². The van der Waals surface area contributed by atoms with Gasteiger partial charge in [0.15, 0.2) is 0 Å². The van der Waals surface area contributed by atoms with Crippen LogP contribution in [0.25, 0.3) is 72.1 Å². The lowest BCUT2D eigenvalue weighted by Gasteiger charge is -2.37. The molecule has 2 aliphatic heterocycles. The van der Waals surface area contributed by atoms with Crippen LogP contribution >= 0.6 is 0 Å². The molecule has 4 heterocycles. The van der Waals surface area contributed by atoms with E-state index in [1.165, 1.54) is 105 Å². The van der Waals surface area contributed by atoms with Gasteiger partial charge in [-0.2, -0.15) is 0 Å². The number of hydrogen-bond donors (Lipinski definition) is 0. The number of fused-ring (bicyclic) bond motifs is 14. The first kappa shape index (κ1) is 26.4. The van der Waals surface area contributed by atoms with Crippen LogP contribution in [0.15, 0.2) is 127 Å². The van der Waals surface area contributed by atoms with Gasteiger partial charge in [-0.15, -0.1) is 0 Å². The Balaban J connectivity index is 1.31. The van der Waals surface area contributed by atoms with E-state index >= 15 is 0 Å². The summed E-state index contributed by atoms with van der Waals surface area (Å²) in [6.07, 6.45) is 0. The van der Waals surface area contributed by atoms with E-state index in [0.29, 0.717) is 0 Å². The van der Waals surface area contributed by atoms with Gasteiger partial charge in [0.2, 0.25) is 0 Å². The molecule has 0 saturated carbocycles. The molecule has 6 aromatic carbocycles. The largest absolute Gasteiger partial charge is 0.378 e. The molecule has 0 unspecified atom stereocenters. The number of nitrogens with zero attached hydrogens (tertiary/aromatic N) is 2. The zero-order valence-electron chi connectivity index (χ0n) is 28.1. The lowest BCUT2D eigenvalue weighted by molar-refractivity contribution is 0.632. The molecule has 2 nitrogen and oxygen atoms in total. The molecule has 0 fully saturated rings. The summed E-state index contributed by atoms with van der Waals surface area (Å²) < 4.78 is 5.45. The van der Waals surface area contributed by atoms with E-state index in [0.717, 1.165) is 0 Å². The SMILES string of the molecule is CC1(C)c2ccccc2-c2c1c1cccc3c1n2-c1cc(-c2ccccc2)cc2c1B3n1c3c(c4cccc-2c41)-c1ccccc1C3(C)C. The highest BCUT2D eigenvalue weighted by Gasteiger charge is 2.50. The highest BCUT2D eigenvalue weighted by molar-refractivity contribution is 6.89. The van der Waals surface area contributed by atoms with Crippen molar-refractivity contribution in [2.75, 3.05) is 0 Å². The van der Waals surface area contributed by atoms with E-state index in [1.807, 2.05) is 0 Å². The third-order valence-corrected chi connectivity index (χ3v) is 12.6. The van der Waals surface area contributed by atoms with Crippen molar-refractivity contribution in [3.8, 4) is 50.3 Å². The molecule has 0 bridgehead atoms. The molecule has 0 spiro atoms. The van der Waals surface area contributed by atoms with Crippen LogP contribution in [0.1, 0.15) is 50.1 Å². The second-order valence-electron chi connectivity index (χ2n) is 15.7. The molecule has 0 N–H and O–H groups in total. The smallest absolute Gasteiger partial charge is 0.332 e. The maximum Gasteiger partial charge on any atom is 0.332 e. The molecule has 2 aliphatic carbocycles. The quantitative estimate of drug-likeness (QED) is 0.161. The fraction of sp³-hybridized carbons (Fsp3) is 0.130. The van der Waals surface area contributed by atoms with E-state index in [1.54, 1.807) is 0 Å². The summed E-state index contributed by atoms with van der Waals surface area (Å²) in [6.45, 7) is 9.79. The van der Waals surface area contributed by atoms with Crippen molar-refractivity contribution < 1.29 is 0 Å². The van der Waals surface area contributed by atoms with Crippen molar-refractivity contribution >= 4 is 39.6 Å². The summed E-state index contributed by atoms with van der Waals surface area (Å²) in [5, 5.41) is 2.75. The van der Waals surface area contributed by atoms with Gasteiger partial charge < -0.3 is 9.05 Å². The van der Waals surface area contributed by atoms with E-state index in [-0.39, 0.29) is 17.7 Å². The van der Waals surface area contributed by atoms with Gasteiger partial charge in [0.05, 0.1) is 11.2 Å². The second-order valence-corrected chi connectivity index (χ2v) is 15.7. The van der Waals surface area contributed by atoms with Gasteiger partial charge in [-0.1, -0.05) is 143 Å². The number of hydrogen-bond acceptors (Lipinski definition) is 0. The lowest BCUT2D eigenvalue weighted by Crippen LogP contribution is -2.56. The number of benzene rings is 6. The molecule has 230 valence electrons. The van der Waals surface area contributed by atoms with Crippen molar-refractivity contribution in [1.82, 2.24) is 9.05 Å². The minimum absolute atomic E-state index is 0.0640. The molecule has 0 atom stereocenters. The molecular weight excluding hydrogens is 591 g/mol. The Morgan fingerprint density at radius 1 is 0.531 bits per heavy atom. The molecule has 49 heavy (non-hydrogen) atoms. The fourth-order valence-corrected chi connectivity index (χ4v) is 10.7. The van der Waals surface area contributed by atoms with E-state index in [2.05, 4.69) is 164 Å². The monoisotopic (exact) mass is 624 g/mol. The average molecular weight is 625 g/mol. The predicted molar refractivity (Wildman–Crippen MR) is 205 cm³/mol. The van der Waals surface area contributed by atoms with E-state index in [4.69, 9.17) is 0 Å². The first-order valence-corrected chi connectivity index (χ1v) is 17.7. The third-order valence-electron chi connectivity index (χ3n) is 12.6. The van der Waals surface area contributed by atoms with Crippen molar-refractivity contribution in [2.24, 2.45) is 0 Å². The molecule has 12 rings (SSSR count). The van der Waals surface area contributed by atoms with Crippen LogP contribution in [-0.2, 0) is 10.8 Å². The summed E-state index contributed by atoms with van der Waals surface area (Å²) in [5.41, 5.74) is 23.1. The van der Waals surface area contributed by atoms with Crippen LogP contribution in [0, 0.1) is 0 Å². The Labute approximate surface area is 286 Å². The van der Waals surface area contributed by atoms with Crippen LogP contribution in [0.4, 0.5) is 0 Å². The van der Waals surface area contributed by atoms with Gasteiger partial charge in [0, 0.05) is 55.2 Å². The van der Waals surface area contributed by atoms with Crippen molar-refractivity contribution in [2.45, 2.75) is 38.5 Å². The third kappa shape index (κ3) is 2.84. The Kier molecular flexibility index (Phi) is 4.51. The predicted octanol–water partition coefficient (Wildman–Crippen LogP) is 9.81. The van der Waals surface area contributed by atoms with Gasteiger partial charge >= 0.3 is 6.85 Å². The first-order chi connectivity index (χ1) is 23.9.